The highest BCUT2D eigenvalue weighted by Crippen LogP contribution is 2.38. The van der Waals surface area contributed by atoms with E-state index in [1.54, 1.807) is 11.0 Å². The number of esters is 1. The smallest absolute Gasteiger partial charge is 0.433 e. The molecule has 0 amide bonds. The van der Waals surface area contributed by atoms with Gasteiger partial charge in [-0.15, -0.1) is 0 Å². The Balaban J connectivity index is 1.32. The van der Waals surface area contributed by atoms with Gasteiger partial charge in [-0.2, -0.15) is 18.2 Å². The van der Waals surface area contributed by atoms with Crippen LogP contribution in [0.2, 0.25) is 0 Å². The Kier molecular flexibility index (Phi) is 7.44. The molecule has 1 saturated heterocycles. The molecule has 202 valence electrons. The molecule has 3 heterocycles. The van der Waals surface area contributed by atoms with Crippen molar-refractivity contribution in [2.24, 2.45) is 5.92 Å². The normalized spacial score (nSPS) is 17.3. The highest BCUT2D eigenvalue weighted by atomic mass is 19.4. The molecule has 2 aromatic heterocycles. The maximum absolute atomic E-state index is 13.2. The number of halogens is 3. The van der Waals surface area contributed by atoms with E-state index in [1.807, 2.05) is 48.5 Å². The van der Waals surface area contributed by atoms with E-state index in [1.165, 1.54) is 7.11 Å². The van der Waals surface area contributed by atoms with Crippen molar-refractivity contribution in [2.45, 2.75) is 25.1 Å². The molecule has 12 heteroatoms. The van der Waals surface area contributed by atoms with Gasteiger partial charge in [-0.05, 0) is 41.8 Å². The summed E-state index contributed by atoms with van der Waals surface area (Å²) >= 11 is 0. The minimum absolute atomic E-state index is 0.0408. The molecule has 0 unspecified atom stereocenters. The fourth-order valence-corrected chi connectivity index (χ4v) is 4.57. The van der Waals surface area contributed by atoms with E-state index < -0.39 is 17.8 Å². The molecule has 0 N–H and O–H groups in total. The second-order valence-electron chi connectivity index (χ2n) is 9.03. The van der Waals surface area contributed by atoms with Crippen LogP contribution in [-0.2, 0) is 22.3 Å². The zero-order chi connectivity index (χ0) is 27.4. The van der Waals surface area contributed by atoms with Crippen LogP contribution < -0.4 is 9.64 Å². The highest BCUT2D eigenvalue weighted by molar-refractivity contribution is 5.70. The SMILES string of the molecule is COC(=O)C[C@H]1CN(c2nccc(C(F)(F)F)n2)C[C@H]1c1cccc(OCc2noc(-c3ccccc3)n2)c1. The number of nitrogens with zero attached hydrogens (tertiary/aromatic N) is 5. The molecule has 9 nitrogen and oxygen atoms in total. The number of alkyl halides is 3. The molecule has 1 fully saturated rings. The lowest BCUT2D eigenvalue weighted by atomic mass is 9.87. The predicted molar refractivity (Wildman–Crippen MR) is 133 cm³/mol. The molecule has 0 spiro atoms. The molecule has 5 rings (SSSR count). The van der Waals surface area contributed by atoms with E-state index in [0.717, 1.165) is 23.4 Å². The number of methoxy groups -OCH3 is 1. The second-order valence-corrected chi connectivity index (χ2v) is 9.03. The van der Waals surface area contributed by atoms with E-state index in [9.17, 15) is 18.0 Å². The van der Waals surface area contributed by atoms with Gasteiger partial charge in [0.25, 0.3) is 5.89 Å². The average Bonchev–Trinajstić information content (AvgIpc) is 3.60. The van der Waals surface area contributed by atoms with Gasteiger partial charge in [-0.1, -0.05) is 35.5 Å². The van der Waals surface area contributed by atoms with E-state index in [2.05, 4.69) is 20.1 Å². The quantitative estimate of drug-likeness (QED) is 0.289. The predicted octanol–water partition coefficient (Wildman–Crippen LogP) is 4.91. The molecule has 2 aromatic carbocycles. The van der Waals surface area contributed by atoms with Crippen LogP contribution >= 0.6 is 0 Å². The van der Waals surface area contributed by atoms with Crippen LogP contribution in [0.1, 0.15) is 29.4 Å². The molecular formula is C27H24F3N5O4. The van der Waals surface area contributed by atoms with E-state index in [4.69, 9.17) is 14.0 Å². The lowest BCUT2D eigenvalue weighted by molar-refractivity contribution is -0.142. The first-order valence-electron chi connectivity index (χ1n) is 12.1. The van der Waals surface area contributed by atoms with Crippen molar-refractivity contribution >= 4 is 11.9 Å². The topological polar surface area (TPSA) is 103 Å². The first kappa shape index (κ1) is 26.1. The van der Waals surface area contributed by atoms with Crippen molar-refractivity contribution in [3.8, 4) is 17.2 Å². The van der Waals surface area contributed by atoms with Crippen LogP contribution in [0.3, 0.4) is 0 Å². The van der Waals surface area contributed by atoms with Crippen LogP contribution in [0.15, 0.2) is 71.4 Å². The van der Waals surface area contributed by atoms with Crippen molar-refractivity contribution < 1.29 is 32.0 Å². The fourth-order valence-electron chi connectivity index (χ4n) is 4.57. The maximum Gasteiger partial charge on any atom is 0.433 e. The number of ether oxygens (including phenoxy) is 2. The third kappa shape index (κ3) is 6.16. The number of benzene rings is 2. The summed E-state index contributed by atoms with van der Waals surface area (Å²) in [6, 6.07) is 17.5. The lowest BCUT2D eigenvalue weighted by Crippen LogP contribution is -2.24. The zero-order valence-electron chi connectivity index (χ0n) is 20.8. The lowest BCUT2D eigenvalue weighted by Gasteiger charge is -2.18. The van der Waals surface area contributed by atoms with Gasteiger partial charge in [0.15, 0.2) is 6.61 Å². The van der Waals surface area contributed by atoms with E-state index in [0.29, 0.717) is 24.0 Å². The summed E-state index contributed by atoms with van der Waals surface area (Å²) in [5, 5.41) is 3.97. The molecule has 0 aliphatic carbocycles. The van der Waals surface area contributed by atoms with Gasteiger partial charge in [0, 0.05) is 30.8 Å². The number of carbonyl (C=O) groups is 1. The molecule has 2 atom stereocenters. The van der Waals surface area contributed by atoms with Crippen molar-refractivity contribution in [1.29, 1.82) is 0 Å². The molecule has 4 aromatic rings. The Morgan fingerprint density at radius 1 is 1.08 bits per heavy atom. The maximum atomic E-state index is 13.2. The first-order valence-corrected chi connectivity index (χ1v) is 12.1. The van der Waals surface area contributed by atoms with Crippen LogP contribution in [0.25, 0.3) is 11.5 Å². The standard InChI is InChI=1S/C27H24F3N5O4/c1-37-24(36)13-19-14-35(26-31-11-10-22(32-26)27(28,29)30)15-21(19)18-8-5-9-20(12-18)38-16-23-33-25(39-34-23)17-6-3-2-4-7-17/h2-12,19,21H,13-16H2,1H3/t19-,21-/m0/s1. The van der Waals surface area contributed by atoms with Crippen LogP contribution in [0, 0.1) is 5.92 Å². The number of hydrogen-bond acceptors (Lipinski definition) is 9. The molecule has 0 radical (unpaired) electrons. The number of anilines is 1. The fraction of sp³-hybridized carbons (Fsp3) is 0.296. The van der Waals surface area contributed by atoms with Gasteiger partial charge < -0.3 is 18.9 Å². The van der Waals surface area contributed by atoms with Crippen molar-refractivity contribution in [1.82, 2.24) is 20.1 Å². The summed E-state index contributed by atoms with van der Waals surface area (Å²) in [5.74, 6) is 0.408. The summed E-state index contributed by atoms with van der Waals surface area (Å²) in [4.78, 5) is 25.9. The second kappa shape index (κ2) is 11.1. The Morgan fingerprint density at radius 2 is 1.90 bits per heavy atom. The van der Waals surface area contributed by atoms with Gasteiger partial charge in [-0.3, -0.25) is 4.79 Å². The monoisotopic (exact) mass is 539 g/mol. The minimum atomic E-state index is -4.59. The molecule has 0 bridgehead atoms. The summed E-state index contributed by atoms with van der Waals surface area (Å²) < 4.78 is 55.7. The van der Waals surface area contributed by atoms with E-state index >= 15 is 0 Å². The molecule has 0 saturated carbocycles. The number of aromatic nitrogens is 4. The molecular weight excluding hydrogens is 515 g/mol. The van der Waals surface area contributed by atoms with E-state index in [-0.39, 0.29) is 37.4 Å². The average molecular weight is 540 g/mol. The molecule has 1 aliphatic heterocycles. The molecule has 1 aliphatic rings. The Labute approximate surface area is 221 Å². The Morgan fingerprint density at radius 3 is 2.67 bits per heavy atom. The third-order valence-corrected chi connectivity index (χ3v) is 6.46. The Hall–Kier alpha value is -4.48. The van der Waals surface area contributed by atoms with Gasteiger partial charge >= 0.3 is 12.1 Å². The van der Waals surface area contributed by atoms with Gasteiger partial charge in [0.2, 0.25) is 11.8 Å². The van der Waals surface area contributed by atoms with Crippen molar-refractivity contribution in [3.63, 3.8) is 0 Å². The third-order valence-electron chi connectivity index (χ3n) is 6.46. The number of rotatable bonds is 8. The summed E-state index contributed by atoms with van der Waals surface area (Å²) in [7, 11) is 1.30. The minimum Gasteiger partial charge on any atom is -0.485 e. The first-order chi connectivity index (χ1) is 18.8. The van der Waals surface area contributed by atoms with Crippen LogP contribution in [-0.4, -0.2) is 46.3 Å². The van der Waals surface area contributed by atoms with Gasteiger partial charge in [0.05, 0.1) is 13.5 Å². The highest BCUT2D eigenvalue weighted by Gasteiger charge is 2.38. The zero-order valence-corrected chi connectivity index (χ0v) is 20.8. The summed E-state index contributed by atoms with van der Waals surface area (Å²) in [6.07, 6.45) is -3.41. The van der Waals surface area contributed by atoms with Crippen LogP contribution in [0.5, 0.6) is 5.75 Å². The van der Waals surface area contributed by atoms with Gasteiger partial charge in [0.1, 0.15) is 11.4 Å². The number of hydrogen-bond donors (Lipinski definition) is 0. The van der Waals surface area contributed by atoms with Crippen LogP contribution in [0.4, 0.5) is 19.1 Å². The summed E-state index contributed by atoms with van der Waals surface area (Å²) in [5.41, 5.74) is 0.632. The summed E-state index contributed by atoms with van der Waals surface area (Å²) in [6.45, 7) is 0.676. The van der Waals surface area contributed by atoms with Gasteiger partial charge in [-0.25, -0.2) is 9.97 Å². The number of carbonyl (C=O) groups excluding carboxylic acids is 1. The largest absolute Gasteiger partial charge is 0.485 e. The molecule has 39 heavy (non-hydrogen) atoms. The Bertz CT molecular complexity index is 1430. The van der Waals surface area contributed by atoms with Crippen molar-refractivity contribution in [3.05, 3.63) is 83.9 Å². The van der Waals surface area contributed by atoms with Crippen molar-refractivity contribution in [2.75, 3.05) is 25.1 Å².